The minimum atomic E-state index is -1.21. The minimum Gasteiger partial charge on any atom is -0.497 e. The van der Waals surface area contributed by atoms with Crippen molar-refractivity contribution in [1.82, 2.24) is 4.90 Å². The highest BCUT2D eigenvalue weighted by Crippen LogP contribution is 2.38. The Morgan fingerprint density at radius 1 is 1.09 bits per heavy atom. The Morgan fingerprint density at radius 3 is 2.00 bits per heavy atom. The number of rotatable bonds is 9. The number of benzene rings is 1. The Morgan fingerprint density at radius 2 is 1.64 bits per heavy atom. The number of hydrogen-bond acceptors (Lipinski definition) is 10. The number of hydrogen-bond donors (Lipinski definition) is 1. The molecule has 0 saturated carbocycles. The Balaban J connectivity index is 0.000000331. The highest BCUT2D eigenvalue weighted by Gasteiger charge is 2.30. The summed E-state index contributed by atoms with van der Waals surface area (Å²) in [6.45, 7) is 4.90. The maximum Gasteiger partial charge on any atom is 0.324 e. The molecule has 0 fully saturated rings. The molecular weight excluding hydrogens is 458 g/mol. The molecule has 0 radical (unpaired) electrons. The van der Waals surface area contributed by atoms with Gasteiger partial charge in [-0.25, -0.2) is 0 Å². The first kappa shape index (κ1) is 27.4. The van der Waals surface area contributed by atoms with E-state index in [0.29, 0.717) is 24.6 Å². The van der Waals surface area contributed by atoms with Crippen molar-refractivity contribution in [2.75, 3.05) is 25.5 Å². The second-order valence-electron chi connectivity index (χ2n) is 7.06. The van der Waals surface area contributed by atoms with Crippen molar-refractivity contribution >= 4 is 39.3 Å². The summed E-state index contributed by atoms with van der Waals surface area (Å²) < 4.78 is 0. The number of aromatic hydroxyl groups is 1. The van der Waals surface area contributed by atoms with Crippen LogP contribution < -0.4 is 4.90 Å². The van der Waals surface area contributed by atoms with E-state index < -0.39 is 37.6 Å². The minimum absolute atomic E-state index is 0.207. The molecule has 0 aliphatic carbocycles. The SMILES string of the molecule is CCC(=O)N(CCC(C)N(C)C)c1cccs1.O=[N+]([O-])c1cc([N+](=O)[O-])c(O)c([N+](=O)[O-])c1. The highest BCUT2D eigenvalue weighted by atomic mass is 32.1. The van der Waals surface area contributed by atoms with E-state index in [0.717, 1.165) is 18.0 Å². The van der Waals surface area contributed by atoms with Crippen LogP contribution in [0.2, 0.25) is 0 Å². The van der Waals surface area contributed by atoms with Crippen LogP contribution in [-0.4, -0.2) is 57.4 Å². The monoisotopic (exact) mass is 483 g/mol. The van der Waals surface area contributed by atoms with Gasteiger partial charge in [0.25, 0.3) is 11.4 Å². The van der Waals surface area contributed by atoms with Gasteiger partial charge in [-0.3, -0.25) is 35.1 Å². The zero-order valence-electron chi connectivity index (χ0n) is 18.5. The van der Waals surface area contributed by atoms with Gasteiger partial charge >= 0.3 is 11.4 Å². The first-order valence-corrected chi connectivity index (χ1v) is 10.6. The lowest BCUT2D eigenvalue weighted by molar-refractivity contribution is -0.404. The smallest absolute Gasteiger partial charge is 0.324 e. The maximum atomic E-state index is 11.9. The van der Waals surface area contributed by atoms with Crippen molar-refractivity contribution in [3.05, 3.63) is 60.0 Å². The van der Waals surface area contributed by atoms with Gasteiger partial charge in [-0.05, 0) is 45.0 Å². The largest absolute Gasteiger partial charge is 0.497 e. The molecule has 0 aliphatic heterocycles. The van der Waals surface area contributed by atoms with Gasteiger partial charge in [0, 0.05) is 19.0 Å². The Kier molecular flexibility index (Phi) is 10.3. The molecule has 1 heterocycles. The van der Waals surface area contributed by atoms with Gasteiger partial charge in [0.1, 0.15) is 0 Å². The van der Waals surface area contributed by atoms with E-state index in [1.807, 2.05) is 29.3 Å². The fourth-order valence-corrected chi connectivity index (χ4v) is 3.29. The zero-order chi connectivity index (χ0) is 25.3. The topological polar surface area (TPSA) is 173 Å². The molecule has 2 rings (SSSR count). The quantitative estimate of drug-likeness (QED) is 0.409. The van der Waals surface area contributed by atoms with E-state index in [4.69, 9.17) is 5.11 Å². The number of carbonyl (C=O) groups is 1. The van der Waals surface area contributed by atoms with E-state index in [1.54, 1.807) is 11.3 Å². The molecule has 1 aromatic carbocycles. The van der Waals surface area contributed by atoms with Crippen LogP contribution in [0.15, 0.2) is 29.6 Å². The fourth-order valence-electron chi connectivity index (χ4n) is 2.52. The first-order valence-electron chi connectivity index (χ1n) is 9.71. The van der Waals surface area contributed by atoms with E-state index in [-0.39, 0.29) is 5.91 Å². The number of non-ortho nitro benzene ring substituents is 1. The molecule has 0 saturated heterocycles. The summed E-state index contributed by atoms with van der Waals surface area (Å²) in [5, 5.41) is 43.3. The summed E-state index contributed by atoms with van der Waals surface area (Å²) in [4.78, 5) is 43.8. The molecule has 0 bridgehead atoms. The third-order valence-corrected chi connectivity index (χ3v) is 5.58. The molecular formula is C19H25N5O8S. The molecule has 1 unspecified atom stereocenters. The summed E-state index contributed by atoms with van der Waals surface area (Å²) in [6.07, 6.45) is 1.56. The second kappa shape index (κ2) is 12.4. The predicted octanol–water partition coefficient (Wildman–Crippen LogP) is 3.95. The number of phenols is 1. The summed E-state index contributed by atoms with van der Waals surface area (Å²) in [5.74, 6) is -1.00. The second-order valence-corrected chi connectivity index (χ2v) is 7.98. The van der Waals surface area contributed by atoms with E-state index in [9.17, 15) is 35.1 Å². The summed E-state index contributed by atoms with van der Waals surface area (Å²) >= 11 is 1.63. The van der Waals surface area contributed by atoms with Gasteiger partial charge in [0.05, 0.1) is 31.9 Å². The van der Waals surface area contributed by atoms with Crippen LogP contribution in [0.25, 0.3) is 0 Å². The fraction of sp³-hybridized carbons (Fsp3) is 0.421. The predicted molar refractivity (Wildman–Crippen MR) is 123 cm³/mol. The summed E-state index contributed by atoms with van der Waals surface area (Å²) in [6, 6.07) is 5.39. The van der Waals surface area contributed by atoms with Crippen molar-refractivity contribution in [1.29, 1.82) is 0 Å². The average Bonchev–Trinajstić information content (AvgIpc) is 3.27. The number of nitro groups is 3. The van der Waals surface area contributed by atoms with Crippen LogP contribution >= 0.6 is 11.3 Å². The standard InChI is InChI=1S/C13H22N2OS.C6H3N3O7/c1-5-12(16)15(13-7-6-10-17-13)9-8-11(2)14(3)4;10-6-4(8(13)14)1-3(7(11)12)2-5(6)9(15)16/h6-7,10-11H,5,8-9H2,1-4H3;1-2,10H. The molecule has 1 amide bonds. The van der Waals surface area contributed by atoms with Gasteiger partial charge in [-0.2, -0.15) is 0 Å². The normalized spacial score (nSPS) is 11.3. The van der Waals surface area contributed by atoms with Crippen LogP contribution in [0, 0.1) is 30.3 Å². The van der Waals surface area contributed by atoms with Gasteiger partial charge < -0.3 is 14.9 Å². The molecule has 180 valence electrons. The molecule has 13 nitrogen and oxygen atoms in total. The molecule has 0 aliphatic rings. The van der Waals surface area contributed by atoms with Crippen molar-refractivity contribution in [2.24, 2.45) is 0 Å². The lowest BCUT2D eigenvalue weighted by Gasteiger charge is -2.25. The molecule has 33 heavy (non-hydrogen) atoms. The summed E-state index contributed by atoms with van der Waals surface area (Å²) in [5.41, 5.74) is -3.00. The maximum absolute atomic E-state index is 11.9. The first-order chi connectivity index (χ1) is 15.4. The lowest BCUT2D eigenvalue weighted by Crippen LogP contribution is -2.35. The molecule has 1 N–H and O–H groups in total. The van der Waals surface area contributed by atoms with Gasteiger partial charge in [0.2, 0.25) is 5.91 Å². The lowest BCUT2D eigenvalue weighted by atomic mass is 10.2. The Labute approximate surface area is 193 Å². The molecule has 0 spiro atoms. The van der Waals surface area contributed by atoms with E-state index in [2.05, 4.69) is 25.9 Å². The Bertz CT molecular complexity index is 961. The molecule has 1 aromatic heterocycles. The van der Waals surface area contributed by atoms with Crippen LogP contribution in [0.5, 0.6) is 5.75 Å². The van der Waals surface area contributed by atoms with Gasteiger partial charge in [-0.15, -0.1) is 11.3 Å². The zero-order valence-corrected chi connectivity index (χ0v) is 19.4. The number of nitrogens with zero attached hydrogens (tertiary/aromatic N) is 5. The average molecular weight is 484 g/mol. The van der Waals surface area contributed by atoms with Gasteiger partial charge in [-0.1, -0.05) is 6.92 Å². The number of carbonyl (C=O) groups excluding carboxylic acids is 1. The van der Waals surface area contributed by atoms with Crippen LogP contribution in [0.4, 0.5) is 22.1 Å². The number of thiophene rings is 1. The highest BCUT2D eigenvalue weighted by molar-refractivity contribution is 7.14. The van der Waals surface area contributed by atoms with Crippen molar-refractivity contribution in [3.8, 4) is 5.75 Å². The van der Waals surface area contributed by atoms with Crippen molar-refractivity contribution < 1.29 is 24.7 Å². The Hall–Kier alpha value is -3.65. The summed E-state index contributed by atoms with van der Waals surface area (Å²) in [7, 11) is 4.14. The molecule has 2 aromatic rings. The third kappa shape index (κ3) is 7.76. The van der Waals surface area contributed by atoms with Crippen LogP contribution in [0.1, 0.15) is 26.7 Å². The number of anilines is 1. The van der Waals surface area contributed by atoms with E-state index >= 15 is 0 Å². The van der Waals surface area contributed by atoms with Gasteiger partial charge in [0.15, 0.2) is 0 Å². The van der Waals surface area contributed by atoms with Crippen molar-refractivity contribution in [2.45, 2.75) is 32.7 Å². The van der Waals surface area contributed by atoms with Crippen LogP contribution in [-0.2, 0) is 4.79 Å². The third-order valence-electron chi connectivity index (χ3n) is 4.69. The van der Waals surface area contributed by atoms with E-state index in [1.165, 1.54) is 0 Å². The van der Waals surface area contributed by atoms with Crippen LogP contribution in [0.3, 0.4) is 0 Å². The number of nitro benzene ring substituents is 3. The number of phenolic OH excluding ortho intramolecular Hbond substituents is 1. The van der Waals surface area contributed by atoms with Crippen molar-refractivity contribution in [3.63, 3.8) is 0 Å². The molecule has 14 heteroatoms. The number of amides is 1. The molecule has 1 atom stereocenters.